The second-order valence-corrected chi connectivity index (χ2v) is 6.17. The molecular weight excluding hydrogens is 318 g/mol. The Morgan fingerprint density at radius 2 is 2.04 bits per heavy atom. The number of benzene rings is 1. The van der Waals surface area contributed by atoms with Gasteiger partial charge in [-0.25, -0.2) is 0 Å². The van der Waals surface area contributed by atoms with Gasteiger partial charge in [0.1, 0.15) is 18.9 Å². The highest BCUT2D eigenvalue weighted by Crippen LogP contribution is 2.19. The van der Waals surface area contributed by atoms with E-state index in [0.717, 1.165) is 24.2 Å². The monoisotopic (exact) mass is 341 g/mol. The maximum absolute atomic E-state index is 12.1. The molecule has 0 radical (unpaired) electrons. The lowest BCUT2D eigenvalue weighted by Crippen LogP contribution is -2.38. The van der Waals surface area contributed by atoms with Gasteiger partial charge in [-0.05, 0) is 42.3 Å². The van der Waals surface area contributed by atoms with E-state index in [1.165, 1.54) is 24.1 Å². The molecule has 1 aromatic carbocycles. The Labute approximate surface area is 147 Å². The summed E-state index contributed by atoms with van der Waals surface area (Å²) in [7, 11) is 0. The maximum Gasteiger partial charge on any atom is 0.243 e. The minimum absolute atomic E-state index is 0.0657. The number of rotatable bonds is 7. The summed E-state index contributed by atoms with van der Waals surface area (Å²) in [6.45, 7) is 4.16. The van der Waals surface area contributed by atoms with Crippen molar-refractivity contribution in [2.45, 2.75) is 44.7 Å². The summed E-state index contributed by atoms with van der Waals surface area (Å²) in [4.78, 5) is 13.4. The van der Waals surface area contributed by atoms with Crippen LogP contribution in [0.2, 0.25) is 0 Å². The SMILES string of the molecule is C=CCOc1ccc(-c2nnn(CC(=O)NC3CCCCC3)n2)cc1. The van der Waals surface area contributed by atoms with E-state index >= 15 is 0 Å². The maximum atomic E-state index is 12.1. The molecule has 7 heteroatoms. The molecule has 1 saturated carbocycles. The first-order valence-corrected chi connectivity index (χ1v) is 8.66. The van der Waals surface area contributed by atoms with E-state index in [4.69, 9.17) is 4.74 Å². The summed E-state index contributed by atoms with van der Waals surface area (Å²) in [5.41, 5.74) is 0.824. The van der Waals surface area contributed by atoms with E-state index in [-0.39, 0.29) is 18.5 Å². The number of carbonyl (C=O) groups excluding carboxylic acids is 1. The number of hydrogen-bond donors (Lipinski definition) is 1. The van der Waals surface area contributed by atoms with Gasteiger partial charge >= 0.3 is 0 Å². The van der Waals surface area contributed by atoms with Gasteiger partial charge in [0.2, 0.25) is 11.7 Å². The molecule has 1 fully saturated rings. The Hall–Kier alpha value is -2.70. The van der Waals surface area contributed by atoms with Crippen LogP contribution in [-0.4, -0.2) is 38.8 Å². The standard InChI is InChI=1S/C18H23N5O2/c1-2-12-25-16-10-8-14(9-11-16)18-20-22-23(21-18)13-17(24)19-15-6-4-3-5-7-15/h2,8-11,15H,1,3-7,12-13H2,(H,19,24). The highest BCUT2D eigenvalue weighted by atomic mass is 16.5. The van der Waals surface area contributed by atoms with Crippen molar-refractivity contribution >= 4 is 5.91 Å². The Morgan fingerprint density at radius 1 is 1.28 bits per heavy atom. The van der Waals surface area contributed by atoms with Gasteiger partial charge in [0.15, 0.2) is 0 Å². The lowest BCUT2D eigenvalue weighted by atomic mass is 9.95. The molecule has 0 aliphatic heterocycles. The number of carbonyl (C=O) groups is 1. The van der Waals surface area contributed by atoms with Crippen LogP contribution in [0.4, 0.5) is 0 Å². The van der Waals surface area contributed by atoms with Crippen LogP contribution >= 0.6 is 0 Å². The Kier molecular flexibility index (Phi) is 5.77. The number of hydrogen-bond acceptors (Lipinski definition) is 5. The Balaban J connectivity index is 1.56. The molecule has 0 atom stereocenters. The van der Waals surface area contributed by atoms with Crippen molar-refractivity contribution in [3.05, 3.63) is 36.9 Å². The molecular formula is C18H23N5O2. The predicted octanol–water partition coefficient (Wildman–Crippen LogP) is 2.35. The van der Waals surface area contributed by atoms with Crippen molar-refractivity contribution in [2.75, 3.05) is 6.61 Å². The van der Waals surface area contributed by atoms with E-state index in [1.54, 1.807) is 6.08 Å². The van der Waals surface area contributed by atoms with Crippen LogP contribution in [-0.2, 0) is 11.3 Å². The smallest absolute Gasteiger partial charge is 0.243 e. The topological polar surface area (TPSA) is 81.9 Å². The minimum Gasteiger partial charge on any atom is -0.490 e. The zero-order valence-corrected chi connectivity index (χ0v) is 14.2. The number of amides is 1. The van der Waals surface area contributed by atoms with Gasteiger partial charge in [0, 0.05) is 11.6 Å². The average Bonchev–Trinajstić information content (AvgIpc) is 3.09. The molecule has 1 aliphatic carbocycles. The van der Waals surface area contributed by atoms with Crippen LogP contribution in [0.1, 0.15) is 32.1 Å². The quantitative estimate of drug-likeness (QED) is 0.782. The number of nitrogens with zero attached hydrogens (tertiary/aromatic N) is 4. The third-order valence-electron chi connectivity index (χ3n) is 4.19. The van der Waals surface area contributed by atoms with E-state index in [2.05, 4.69) is 27.3 Å². The molecule has 1 N–H and O–H groups in total. The second-order valence-electron chi connectivity index (χ2n) is 6.17. The van der Waals surface area contributed by atoms with Crippen molar-refractivity contribution in [3.8, 4) is 17.1 Å². The molecule has 0 bridgehead atoms. The van der Waals surface area contributed by atoms with Crippen LogP contribution in [0.25, 0.3) is 11.4 Å². The van der Waals surface area contributed by atoms with Gasteiger partial charge in [-0.15, -0.1) is 10.2 Å². The largest absolute Gasteiger partial charge is 0.490 e. The molecule has 2 aromatic rings. The minimum atomic E-state index is -0.0657. The summed E-state index contributed by atoms with van der Waals surface area (Å²) in [5.74, 6) is 1.17. The molecule has 3 rings (SSSR count). The van der Waals surface area contributed by atoms with Gasteiger partial charge < -0.3 is 10.1 Å². The van der Waals surface area contributed by atoms with Crippen LogP contribution in [0.5, 0.6) is 5.75 Å². The van der Waals surface area contributed by atoms with Gasteiger partial charge in [-0.2, -0.15) is 4.80 Å². The van der Waals surface area contributed by atoms with Crippen LogP contribution in [0.15, 0.2) is 36.9 Å². The molecule has 0 spiro atoms. The normalized spacial score (nSPS) is 14.9. The fraction of sp³-hybridized carbons (Fsp3) is 0.444. The molecule has 0 saturated heterocycles. The lowest BCUT2D eigenvalue weighted by molar-refractivity contribution is -0.123. The first-order chi connectivity index (χ1) is 12.2. The van der Waals surface area contributed by atoms with Crippen molar-refractivity contribution in [1.29, 1.82) is 0 Å². The molecule has 1 aliphatic rings. The Bertz CT molecular complexity index is 705. The van der Waals surface area contributed by atoms with Crippen LogP contribution < -0.4 is 10.1 Å². The van der Waals surface area contributed by atoms with E-state index < -0.39 is 0 Å². The number of nitrogens with one attached hydrogen (secondary N) is 1. The molecule has 1 heterocycles. The van der Waals surface area contributed by atoms with Gasteiger partial charge in [-0.1, -0.05) is 31.9 Å². The predicted molar refractivity (Wildman–Crippen MR) is 94.0 cm³/mol. The molecule has 1 amide bonds. The van der Waals surface area contributed by atoms with Crippen molar-refractivity contribution < 1.29 is 9.53 Å². The summed E-state index contributed by atoms with van der Waals surface area (Å²) in [5, 5.41) is 15.3. The Morgan fingerprint density at radius 3 is 2.76 bits per heavy atom. The molecule has 25 heavy (non-hydrogen) atoms. The van der Waals surface area contributed by atoms with E-state index in [9.17, 15) is 4.79 Å². The second kappa shape index (κ2) is 8.41. The van der Waals surface area contributed by atoms with Crippen LogP contribution in [0, 0.1) is 0 Å². The van der Waals surface area contributed by atoms with Crippen molar-refractivity contribution in [3.63, 3.8) is 0 Å². The summed E-state index contributed by atoms with van der Waals surface area (Å²) in [6, 6.07) is 7.70. The number of ether oxygens (including phenoxy) is 1. The molecule has 7 nitrogen and oxygen atoms in total. The first-order valence-electron chi connectivity index (χ1n) is 8.66. The van der Waals surface area contributed by atoms with Gasteiger partial charge in [0.25, 0.3) is 0 Å². The fourth-order valence-corrected chi connectivity index (χ4v) is 2.93. The van der Waals surface area contributed by atoms with Gasteiger partial charge in [-0.3, -0.25) is 4.79 Å². The van der Waals surface area contributed by atoms with Crippen LogP contribution in [0.3, 0.4) is 0 Å². The first kappa shape index (κ1) is 17.1. The number of tetrazole rings is 1. The zero-order chi connectivity index (χ0) is 17.5. The number of aromatic nitrogens is 4. The fourth-order valence-electron chi connectivity index (χ4n) is 2.93. The third kappa shape index (κ3) is 4.89. The summed E-state index contributed by atoms with van der Waals surface area (Å²) < 4.78 is 5.44. The van der Waals surface area contributed by atoms with E-state index in [1.807, 2.05) is 24.3 Å². The summed E-state index contributed by atoms with van der Waals surface area (Å²) in [6.07, 6.45) is 7.44. The zero-order valence-electron chi connectivity index (χ0n) is 14.2. The van der Waals surface area contributed by atoms with Crippen molar-refractivity contribution in [1.82, 2.24) is 25.5 Å². The van der Waals surface area contributed by atoms with Gasteiger partial charge in [0.05, 0.1) is 0 Å². The third-order valence-corrected chi connectivity index (χ3v) is 4.19. The summed E-state index contributed by atoms with van der Waals surface area (Å²) >= 11 is 0. The molecule has 1 aromatic heterocycles. The average molecular weight is 341 g/mol. The highest BCUT2D eigenvalue weighted by Gasteiger charge is 2.16. The molecule has 132 valence electrons. The molecule has 0 unspecified atom stereocenters. The van der Waals surface area contributed by atoms with E-state index in [0.29, 0.717) is 12.4 Å². The van der Waals surface area contributed by atoms with Crippen molar-refractivity contribution in [2.24, 2.45) is 0 Å². The lowest BCUT2D eigenvalue weighted by Gasteiger charge is -2.22. The highest BCUT2D eigenvalue weighted by molar-refractivity contribution is 5.75.